The zero-order chi connectivity index (χ0) is 18.5. The Morgan fingerprint density at radius 3 is 2.73 bits per heavy atom. The molecule has 4 rings (SSSR count). The lowest BCUT2D eigenvalue weighted by atomic mass is 10.2. The molecule has 1 aliphatic rings. The summed E-state index contributed by atoms with van der Waals surface area (Å²) in [5.41, 5.74) is 0.998. The molecule has 10 heteroatoms. The first kappa shape index (κ1) is 16.7. The molecule has 0 spiro atoms. The van der Waals surface area contributed by atoms with Gasteiger partial charge in [0.05, 0.1) is 24.4 Å². The normalized spacial score (nSPS) is 19.5. The van der Waals surface area contributed by atoms with Gasteiger partial charge in [-0.2, -0.15) is 0 Å². The van der Waals surface area contributed by atoms with E-state index in [0.29, 0.717) is 16.9 Å². The van der Waals surface area contributed by atoms with Crippen LogP contribution in [0.15, 0.2) is 24.7 Å². The molecule has 1 saturated carbocycles. The van der Waals surface area contributed by atoms with E-state index in [1.165, 1.54) is 29.9 Å². The molecule has 0 amide bonds. The number of ether oxygens (including phenoxy) is 1. The molecule has 136 valence electrons. The molecule has 3 aromatic heterocycles. The number of fused-ring (bicyclic) bond motifs is 1. The number of alkyl halides is 3. The van der Waals surface area contributed by atoms with Gasteiger partial charge >= 0.3 is 0 Å². The number of hydrogen-bond donors (Lipinski definition) is 0. The van der Waals surface area contributed by atoms with Crippen molar-refractivity contribution in [2.24, 2.45) is 5.92 Å². The predicted molar refractivity (Wildman–Crippen MR) is 82.0 cm³/mol. The zero-order valence-corrected chi connectivity index (χ0v) is 13.5. The molecule has 1 aliphatic carbocycles. The quantitative estimate of drug-likeness (QED) is 0.647. The molecule has 3 aromatic rings. The second-order valence-corrected chi connectivity index (χ2v) is 6.16. The maximum atomic E-state index is 14.2. The van der Waals surface area contributed by atoms with Crippen molar-refractivity contribution in [2.45, 2.75) is 25.4 Å². The highest BCUT2D eigenvalue weighted by Gasteiger charge is 2.57. The van der Waals surface area contributed by atoms with Crippen LogP contribution in [-0.4, -0.2) is 37.1 Å². The van der Waals surface area contributed by atoms with Crippen molar-refractivity contribution in [1.29, 1.82) is 0 Å². The molecule has 26 heavy (non-hydrogen) atoms. The largest absolute Gasteiger partial charge is 0.475 e. The summed E-state index contributed by atoms with van der Waals surface area (Å²) in [6.07, 6.45) is 2.56. The monoisotopic (exact) mass is 367 g/mol. The number of pyridine rings is 1. The van der Waals surface area contributed by atoms with E-state index in [2.05, 4.69) is 20.2 Å². The molecule has 0 aliphatic heterocycles. The van der Waals surface area contributed by atoms with Crippen molar-refractivity contribution in [3.05, 3.63) is 36.3 Å². The third kappa shape index (κ3) is 2.95. The van der Waals surface area contributed by atoms with E-state index < -0.39 is 23.8 Å². The number of rotatable bonds is 5. The van der Waals surface area contributed by atoms with E-state index in [9.17, 15) is 17.6 Å². The highest BCUT2D eigenvalue weighted by Crippen LogP contribution is 2.48. The van der Waals surface area contributed by atoms with Crippen molar-refractivity contribution < 1.29 is 22.3 Å². The van der Waals surface area contributed by atoms with Crippen LogP contribution in [0.5, 0.6) is 5.88 Å². The Morgan fingerprint density at radius 2 is 2.08 bits per heavy atom. The van der Waals surface area contributed by atoms with Crippen LogP contribution in [0.1, 0.15) is 25.3 Å². The van der Waals surface area contributed by atoms with Gasteiger partial charge in [0.25, 0.3) is 5.92 Å². The first-order valence-corrected chi connectivity index (χ1v) is 7.86. The SMILES string of the molecule is CC(F)c1nnc2cnc(-c3cnc(OCC4CC4(F)F)c(F)c3)cn12. The van der Waals surface area contributed by atoms with Gasteiger partial charge in [0.15, 0.2) is 23.5 Å². The summed E-state index contributed by atoms with van der Waals surface area (Å²) >= 11 is 0. The van der Waals surface area contributed by atoms with E-state index in [1.807, 2.05) is 0 Å². The fourth-order valence-corrected chi connectivity index (χ4v) is 2.54. The standard InChI is InChI=1S/C16H13F4N5O/c1-8(17)14-24-23-13-5-21-12(6-25(13)14)9-2-11(18)15(22-4-9)26-7-10-3-16(10,19)20/h2,4-6,8,10H,3,7H2,1H3. The summed E-state index contributed by atoms with van der Waals surface area (Å²) in [5, 5.41) is 7.55. The molecular formula is C16H13F4N5O. The van der Waals surface area contributed by atoms with Gasteiger partial charge in [-0.25, -0.2) is 22.5 Å². The van der Waals surface area contributed by atoms with Crippen molar-refractivity contribution in [1.82, 2.24) is 24.6 Å². The van der Waals surface area contributed by atoms with E-state index in [1.54, 1.807) is 0 Å². The van der Waals surface area contributed by atoms with Crippen LogP contribution in [0.2, 0.25) is 0 Å². The van der Waals surface area contributed by atoms with Gasteiger partial charge in [-0.15, -0.1) is 10.2 Å². The van der Waals surface area contributed by atoms with Gasteiger partial charge in [-0.05, 0) is 13.0 Å². The number of aromatic nitrogens is 5. The fraction of sp³-hybridized carbons (Fsp3) is 0.375. The maximum absolute atomic E-state index is 14.2. The molecule has 2 unspecified atom stereocenters. The van der Waals surface area contributed by atoms with Crippen molar-refractivity contribution in [2.75, 3.05) is 6.61 Å². The smallest absolute Gasteiger partial charge is 0.255 e. The van der Waals surface area contributed by atoms with Crippen molar-refractivity contribution in [3.8, 4) is 17.1 Å². The van der Waals surface area contributed by atoms with Crippen LogP contribution in [-0.2, 0) is 0 Å². The van der Waals surface area contributed by atoms with Gasteiger partial charge in [0.2, 0.25) is 5.88 Å². The van der Waals surface area contributed by atoms with Crippen LogP contribution in [0, 0.1) is 11.7 Å². The molecule has 3 heterocycles. The van der Waals surface area contributed by atoms with Gasteiger partial charge in [-0.1, -0.05) is 0 Å². The molecule has 0 N–H and O–H groups in total. The minimum atomic E-state index is -2.74. The van der Waals surface area contributed by atoms with Crippen LogP contribution in [0.25, 0.3) is 16.9 Å². The Bertz CT molecular complexity index is 974. The first-order chi connectivity index (χ1) is 12.3. The summed E-state index contributed by atoms with van der Waals surface area (Å²) in [6.45, 7) is 1.03. The summed E-state index contributed by atoms with van der Waals surface area (Å²) < 4.78 is 59.9. The van der Waals surface area contributed by atoms with Gasteiger partial charge < -0.3 is 4.74 Å². The third-order valence-corrected chi connectivity index (χ3v) is 4.15. The predicted octanol–water partition coefficient (Wildman–Crippen LogP) is 3.39. The molecule has 6 nitrogen and oxygen atoms in total. The van der Waals surface area contributed by atoms with Crippen LogP contribution >= 0.6 is 0 Å². The van der Waals surface area contributed by atoms with Crippen LogP contribution in [0.3, 0.4) is 0 Å². The number of halogens is 4. The van der Waals surface area contributed by atoms with E-state index in [-0.39, 0.29) is 24.7 Å². The van der Waals surface area contributed by atoms with Gasteiger partial charge in [-0.3, -0.25) is 9.38 Å². The lowest BCUT2D eigenvalue weighted by molar-refractivity contribution is 0.0842. The molecule has 0 bridgehead atoms. The Balaban J connectivity index is 1.58. The average Bonchev–Trinajstić information content (AvgIpc) is 3.02. The third-order valence-electron chi connectivity index (χ3n) is 4.15. The minimum Gasteiger partial charge on any atom is -0.475 e. The van der Waals surface area contributed by atoms with Crippen LogP contribution < -0.4 is 4.74 Å². The second-order valence-electron chi connectivity index (χ2n) is 6.16. The van der Waals surface area contributed by atoms with Gasteiger partial charge in [0, 0.05) is 24.4 Å². The molecule has 1 fully saturated rings. The Morgan fingerprint density at radius 1 is 1.31 bits per heavy atom. The summed E-state index contributed by atoms with van der Waals surface area (Å²) in [7, 11) is 0. The molecule has 2 atom stereocenters. The molecule has 0 saturated heterocycles. The fourth-order valence-electron chi connectivity index (χ4n) is 2.54. The Labute approximate surface area is 144 Å². The number of nitrogens with zero attached hydrogens (tertiary/aromatic N) is 5. The lowest BCUT2D eigenvalue weighted by Gasteiger charge is -2.08. The average molecular weight is 367 g/mol. The van der Waals surface area contributed by atoms with Crippen molar-refractivity contribution >= 4 is 5.65 Å². The summed E-state index contributed by atoms with van der Waals surface area (Å²) in [4.78, 5) is 7.96. The molecular weight excluding hydrogens is 354 g/mol. The van der Waals surface area contributed by atoms with E-state index in [4.69, 9.17) is 4.74 Å². The van der Waals surface area contributed by atoms with Crippen molar-refractivity contribution in [3.63, 3.8) is 0 Å². The second kappa shape index (κ2) is 5.89. The Hall–Kier alpha value is -2.78. The lowest BCUT2D eigenvalue weighted by Crippen LogP contribution is -2.07. The Kier molecular flexibility index (Phi) is 3.78. The maximum Gasteiger partial charge on any atom is 0.255 e. The highest BCUT2D eigenvalue weighted by molar-refractivity contribution is 5.59. The number of hydrogen-bond acceptors (Lipinski definition) is 5. The van der Waals surface area contributed by atoms with E-state index in [0.717, 1.165) is 6.07 Å². The molecule has 0 aromatic carbocycles. The van der Waals surface area contributed by atoms with Gasteiger partial charge in [0.1, 0.15) is 0 Å². The highest BCUT2D eigenvalue weighted by atomic mass is 19.3. The first-order valence-electron chi connectivity index (χ1n) is 7.86. The molecule has 0 radical (unpaired) electrons. The van der Waals surface area contributed by atoms with Crippen LogP contribution in [0.4, 0.5) is 17.6 Å². The van der Waals surface area contributed by atoms with E-state index >= 15 is 0 Å². The topological polar surface area (TPSA) is 65.2 Å². The minimum absolute atomic E-state index is 0.0994. The summed E-state index contributed by atoms with van der Waals surface area (Å²) in [5.74, 6) is -4.68. The summed E-state index contributed by atoms with van der Waals surface area (Å²) in [6, 6.07) is 1.13. The zero-order valence-electron chi connectivity index (χ0n) is 13.5.